The van der Waals surface area contributed by atoms with E-state index in [4.69, 9.17) is 4.42 Å². The smallest absolute Gasteiger partial charge is 0.194 e. The molecule has 0 N–H and O–H groups in total. The Morgan fingerprint density at radius 3 is 3.08 bits per heavy atom. The zero-order valence-corrected chi connectivity index (χ0v) is 6.63. The minimum Gasteiger partial charge on any atom is -0.453 e. The molecule has 0 fully saturated rings. The minimum atomic E-state index is -0.0498. The van der Waals surface area contributed by atoms with Gasteiger partial charge in [0.15, 0.2) is 11.5 Å². The molecule has 0 spiro atoms. The molecule has 0 amide bonds. The van der Waals surface area contributed by atoms with E-state index in [1.807, 2.05) is 0 Å². The Hall–Kier alpha value is -1.57. The number of carbonyl (C=O) groups is 1. The van der Waals surface area contributed by atoms with Crippen LogP contribution < -0.4 is 0 Å². The van der Waals surface area contributed by atoms with Crippen LogP contribution in [0.3, 0.4) is 0 Å². The summed E-state index contributed by atoms with van der Waals surface area (Å²) in [6, 6.07) is 10.00. The van der Waals surface area contributed by atoms with Crippen LogP contribution in [-0.2, 0) is 0 Å². The molecule has 1 aromatic heterocycles. The highest BCUT2D eigenvalue weighted by Crippen LogP contribution is 2.18. The van der Waals surface area contributed by atoms with E-state index in [9.17, 15) is 4.79 Å². The SMILES string of the molecule is CC(=O)c1cc2c[c]ccc2o1. The van der Waals surface area contributed by atoms with Crippen LogP contribution in [0.15, 0.2) is 28.7 Å². The third-order valence-electron chi connectivity index (χ3n) is 1.71. The summed E-state index contributed by atoms with van der Waals surface area (Å²) < 4.78 is 5.26. The molecule has 2 nitrogen and oxygen atoms in total. The monoisotopic (exact) mass is 159 g/mol. The lowest BCUT2D eigenvalue weighted by molar-refractivity contribution is 0.0989. The summed E-state index contributed by atoms with van der Waals surface area (Å²) in [5.41, 5.74) is 0.735. The molecule has 0 saturated carbocycles. The number of rotatable bonds is 1. The van der Waals surface area contributed by atoms with Crippen molar-refractivity contribution in [1.82, 2.24) is 0 Å². The van der Waals surface area contributed by atoms with Crippen LogP contribution in [0.2, 0.25) is 0 Å². The molecule has 0 aliphatic carbocycles. The standard InChI is InChI=1S/C10H7O2/c1-7(11)10-6-8-4-2-3-5-9(8)12-10/h3-6H,1H3. The highest BCUT2D eigenvalue weighted by molar-refractivity contribution is 5.95. The average molecular weight is 159 g/mol. The van der Waals surface area contributed by atoms with Crippen molar-refractivity contribution in [2.24, 2.45) is 0 Å². The zero-order valence-electron chi connectivity index (χ0n) is 6.63. The van der Waals surface area contributed by atoms with Gasteiger partial charge in [0.1, 0.15) is 5.58 Å². The van der Waals surface area contributed by atoms with Crippen LogP contribution >= 0.6 is 0 Å². The Kier molecular flexibility index (Phi) is 1.47. The van der Waals surface area contributed by atoms with Crippen LogP contribution in [0.1, 0.15) is 17.5 Å². The summed E-state index contributed by atoms with van der Waals surface area (Å²) in [5.74, 6) is 0.357. The van der Waals surface area contributed by atoms with E-state index in [-0.39, 0.29) is 5.78 Å². The van der Waals surface area contributed by atoms with Crippen molar-refractivity contribution in [1.29, 1.82) is 0 Å². The van der Waals surface area contributed by atoms with Crippen molar-refractivity contribution in [2.45, 2.75) is 6.92 Å². The Labute approximate surface area is 69.8 Å². The van der Waals surface area contributed by atoms with E-state index in [0.29, 0.717) is 5.76 Å². The van der Waals surface area contributed by atoms with Crippen LogP contribution in [0.4, 0.5) is 0 Å². The fourth-order valence-corrected chi connectivity index (χ4v) is 1.10. The van der Waals surface area contributed by atoms with Crippen molar-refractivity contribution < 1.29 is 9.21 Å². The van der Waals surface area contributed by atoms with Gasteiger partial charge in [-0.05, 0) is 24.3 Å². The topological polar surface area (TPSA) is 30.2 Å². The van der Waals surface area contributed by atoms with E-state index in [0.717, 1.165) is 11.0 Å². The molecule has 2 aromatic rings. The van der Waals surface area contributed by atoms with Crippen LogP contribution in [0, 0.1) is 6.07 Å². The highest BCUT2D eigenvalue weighted by Gasteiger charge is 2.05. The van der Waals surface area contributed by atoms with Crippen molar-refractivity contribution in [3.05, 3.63) is 36.1 Å². The normalized spacial score (nSPS) is 10.4. The van der Waals surface area contributed by atoms with Gasteiger partial charge in [0.2, 0.25) is 0 Å². The van der Waals surface area contributed by atoms with Crippen LogP contribution in [0.5, 0.6) is 0 Å². The lowest BCUT2D eigenvalue weighted by atomic mass is 10.2. The van der Waals surface area contributed by atoms with E-state index in [1.165, 1.54) is 6.92 Å². The van der Waals surface area contributed by atoms with Gasteiger partial charge in [-0.1, -0.05) is 6.07 Å². The van der Waals surface area contributed by atoms with Gasteiger partial charge in [0, 0.05) is 12.3 Å². The van der Waals surface area contributed by atoms with E-state index in [1.54, 1.807) is 24.3 Å². The Balaban J connectivity index is 2.70. The summed E-state index contributed by atoms with van der Waals surface area (Å²) in [6.45, 7) is 1.49. The number of hydrogen-bond donors (Lipinski definition) is 0. The molecule has 1 heterocycles. The van der Waals surface area contributed by atoms with Crippen LogP contribution in [-0.4, -0.2) is 5.78 Å². The van der Waals surface area contributed by atoms with E-state index in [2.05, 4.69) is 6.07 Å². The van der Waals surface area contributed by atoms with Crippen molar-refractivity contribution >= 4 is 16.8 Å². The molecular weight excluding hydrogens is 152 g/mol. The summed E-state index contributed by atoms with van der Waals surface area (Å²) in [7, 11) is 0. The second kappa shape index (κ2) is 2.48. The first-order chi connectivity index (χ1) is 5.77. The first-order valence-electron chi connectivity index (χ1n) is 3.68. The third kappa shape index (κ3) is 1.01. The number of furan rings is 1. The molecular formula is C10H7O2. The molecule has 2 heteroatoms. The number of fused-ring (bicyclic) bond motifs is 1. The Morgan fingerprint density at radius 2 is 2.42 bits per heavy atom. The average Bonchev–Trinajstić information content (AvgIpc) is 2.46. The Bertz CT molecular complexity index is 393. The van der Waals surface area contributed by atoms with Gasteiger partial charge in [-0.15, -0.1) is 0 Å². The molecule has 0 aliphatic heterocycles. The van der Waals surface area contributed by atoms with E-state index >= 15 is 0 Å². The molecule has 1 radical (unpaired) electrons. The molecule has 0 unspecified atom stereocenters. The predicted octanol–water partition coefficient (Wildman–Crippen LogP) is 2.44. The first-order valence-corrected chi connectivity index (χ1v) is 3.68. The highest BCUT2D eigenvalue weighted by atomic mass is 16.3. The predicted molar refractivity (Wildman–Crippen MR) is 45.1 cm³/mol. The van der Waals surface area contributed by atoms with Gasteiger partial charge >= 0.3 is 0 Å². The number of hydrogen-bond acceptors (Lipinski definition) is 2. The van der Waals surface area contributed by atoms with Gasteiger partial charge in [-0.25, -0.2) is 0 Å². The minimum absolute atomic E-state index is 0.0498. The summed E-state index contributed by atoms with van der Waals surface area (Å²) in [4.78, 5) is 10.9. The molecule has 1 aromatic carbocycles. The van der Waals surface area contributed by atoms with Crippen LogP contribution in [0.25, 0.3) is 11.0 Å². The molecule has 12 heavy (non-hydrogen) atoms. The van der Waals surface area contributed by atoms with Crippen molar-refractivity contribution in [3.63, 3.8) is 0 Å². The van der Waals surface area contributed by atoms with E-state index < -0.39 is 0 Å². The maximum atomic E-state index is 10.9. The lowest BCUT2D eigenvalue weighted by Gasteiger charge is -1.83. The van der Waals surface area contributed by atoms with Gasteiger partial charge in [0.25, 0.3) is 0 Å². The fraction of sp³-hybridized carbons (Fsp3) is 0.100. The zero-order chi connectivity index (χ0) is 8.55. The van der Waals surface area contributed by atoms with Gasteiger partial charge in [-0.3, -0.25) is 4.79 Å². The second-order valence-electron chi connectivity index (χ2n) is 2.63. The fourth-order valence-electron chi connectivity index (χ4n) is 1.10. The van der Waals surface area contributed by atoms with Gasteiger partial charge in [0.05, 0.1) is 0 Å². The molecule has 0 saturated heterocycles. The number of carbonyl (C=O) groups excluding carboxylic acids is 1. The largest absolute Gasteiger partial charge is 0.453 e. The quantitative estimate of drug-likeness (QED) is 0.598. The number of ketones is 1. The Morgan fingerprint density at radius 1 is 1.58 bits per heavy atom. The van der Waals surface area contributed by atoms with Crippen molar-refractivity contribution in [3.8, 4) is 0 Å². The summed E-state index contributed by atoms with van der Waals surface area (Å²) in [6.07, 6.45) is 0. The lowest BCUT2D eigenvalue weighted by Crippen LogP contribution is -1.85. The maximum Gasteiger partial charge on any atom is 0.194 e. The van der Waals surface area contributed by atoms with Gasteiger partial charge in [-0.2, -0.15) is 0 Å². The van der Waals surface area contributed by atoms with Crippen molar-refractivity contribution in [2.75, 3.05) is 0 Å². The first kappa shape index (κ1) is 7.10. The molecule has 2 rings (SSSR count). The van der Waals surface area contributed by atoms with Gasteiger partial charge < -0.3 is 4.42 Å². The third-order valence-corrected chi connectivity index (χ3v) is 1.71. The maximum absolute atomic E-state index is 10.9. The molecule has 0 aliphatic rings. The summed E-state index contributed by atoms with van der Waals surface area (Å²) in [5, 5.41) is 0.919. The summed E-state index contributed by atoms with van der Waals surface area (Å²) >= 11 is 0. The number of benzene rings is 1. The second-order valence-corrected chi connectivity index (χ2v) is 2.63. The molecule has 0 bridgehead atoms. The number of Topliss-reactive ketones (excluding diaryl/α,β-unsaturated/α-hetero) is 1. The molecule has 0 atom stereocenters. The molecule has 59 valence electrons.